The van der Waals surface area contributed by atoms with Crippen molar-refractivity contribution in [3.63, 3.8) is 0 Å². The second-order valence-electron chi connectivity index (χ2n) is 4.27. The Morgan fingerprint density at radius 3 is 2.42 bits per heavy atom. The van der Waals surface area contributed by atoms with Crippen molar-refractivity contribution in [3.8, 4) is 5.75 Å². The molecule has 2 aromatic carbocycles. The highest BCUT2D eigenvalue weighted by molar-refractivity contribution is 5.48. The molecule has 0 saturated carbocycles. The quantitative estimate of drug-likeness (QED) is 0.903. The number of halogens is 2. The SMILES string of the molecule is COc1ccc(C)cc1CNc1c(F)cccc1F. The first kappa shape index (κ1) is 13.3. The zero-order valence-electron chi connectivity index (χ0n) is 10.8. The van der Waals surface area contributed by atoms with Crippen LogP contribution in [0.15, 0.2) is 36.4 Å². The third-order valence-corrected chi connectivity index (χ3v) is 2.85. The van der Waals surface area contributed by atoms with Crippen LogP contribution in [0.3, 0.4) is 0 Å². The average molecular weight is 263 g/mol. The van der Waals surface area contributed by atoms with Crippen molar-refractivity contribution < 1.29 is 13.5 Å². The van der Waals surface area contributed by atoms with Gasteiger partial charge in [-0.1, -0.05) is 23.8 Å². The molecule has 0 fully saturated rings. The van der Waals surface area contributed by atoms with Crippen LogP contribution in [-0.4, -0.2) is 7.11 Å². The largest absolute Gasteiger partial charge is 0.496 e. The van der Waals surface area contributed by atoms with Crippen LogP contribution in [-0.2, 0) is 6.54 Å². The highest BCUT2D eigenvalue weighted by Gasteiger charge is 2.09. The Balaban J connectivity index is 2.21. The molecule has 0 amide bonds. The van der Waals surface area contributed by atoms with E-state index in [0.29, 0.717) is 12.3 Å². The molecule has 0 bridgehead atoms. The molecule has 0 unspecified atom stereocenters. The molecule has 100 valence electrons. The van der Waals surface area contributed by atoms with Gasteiger partial charge in [0.1, 0.15) is 23.1 Å². The van der Waals surface area contributed by atoms with Gasteiger partial charge in [0, 0.05) is 12.1 Å². The van der Waals surface area contributed by atoms with Crippen molar-refractivity contribution in [1.82, 2.24) is 0 Å². The molecule has 0 aliphatic carbocycles. The highest BCUT2D eigenvalue weighted by atomic mass is 19.1. The average Bonchev–Trinajstić information content (AvgIpc) is 2.38. The first-order valence-electron chi connectivity index (χ1n) is 5.93. The molecule has 0 radical (unpaired) electrons. The lowest BCUT2D eigenvalue weighted by molar-refractivity contribution is 0.410. The molecule has 2 nitrogen and oxygen atoms in total. The molecule has 1 N–H and O–H groups in total. The van der Waals surface area contributed by atoms with Crippen molar-refractivity contribution in [3.05, 3.63) is 59.2 Å². The van der Waals surface area contributed by atoms with Crippen molar-refractivity contribution in [2.75, 3.05) is 12.4 Å². The van der Waals surface area contributed by atoms with Gasteiger partial charge in [0.15, 0.2) is 0 Å². The number of methoxy groups -OCH3 is 1. The maximum atomic E-state index is 13.5. The van der Waals surface area contributed by atoms with Gasteiger partial charge in [-0.05, 0) is 25.1 Å². The van der Waals surface area contributed by atoms with E-state index < -0.39 is 11.6 Å². The first-order chi connectivity index (χ1) is 9.11. The molecule has 0 atom stereocenters. The minimum absolute atomic E-state index is 0.119. The topological polar surface area (TPSA) is 21.3 Å². The zero-order valence-corrected chi connectivity index (χ0v) is 10.8. The molecule has 2 rings (SSSR count). The molecule has 19 heavy (non-hydrogen) atoms. The third-order valence-electron chi connectivity index (χ3n) is 2.85. The number of benzene rings is 2. The standard InChI is InChI=1S/C15H15F2NO/c1-10-6-7-14(19-2)11(8-10)9-18-15-12(16)4-3-5-13(15)17/h3-8,18H,9H2,1-2H3. The van der Waals surface area contributed by atoms with E-state index in [1.165, 1.54) is 18.2 Å². The molecule has 0 aliphatic rings. The van der Waals surface area contributed by atoms with Crippen LogP contribution < -0.4 is 10.1 Å². The number of hydrogen-bond acceptors (Lipinski definition) is 2. The second-order valence-corrected chi connectivity index (χ2v) is 4.27. The predicted octanol–water partition coefficient (Wildman–Crippen LogP) is 3.89. The minimum Gasteiger partial charge on any atom is -0.496 e. The van der Waals surface area contributed by atoms with Gasteiger partial charge in [-0.2, -0.15) is 0 Å². The minimum atomic E-state index is -0.605. The molecule has 0 saturated heterocycles. The van der Waals surface area contributed by atoms with E-state index in [2.05, 4.69) is 5.32 Å². The summed E-state index contributed by atoms with van der Waals surface area (Å²) in [4.78, 5) is 0. The molecule has 0 aliphatic heterocycles. The van der Waals surface area contributed by atoms with E-state index in [1.54, 1.807) is 7.11 Å². The van der Waals surface area contributed by atoms with Gasteiger partial charge in [-0.15, -0.1) is 0 Å². The summed E-state index contributed by atoms with van der Waals surface area (Å²) in [7, 11) is 1.57. The van der Waals surface area contributed by atoms with Crippen LogP contribution in [0, 0.1) is 18.6 Å². The fourth-order valence-electron chi connectivity index (χ4n) is 1.90. The Bertz CT molecular complexity index is 564. The van der Waals surface area contributed by atoms with Crippen LogP contribution in [0.5, 0.6) is 5.75 Å². The summed E-state index contributed by atoms with van der Waals surface area (Å²) >= 11 is 0. The normalized spacial score (nSPS) is 10.3. The second kappa shape index (κ2) is 5.69. The predicted molar refractivity (Wildman–Crippen MR) is 71.4 cm³/mol. The van der Waals surface area contributed by atoms with Gasteiger partial charge < -0.3 is 10.1 Å². The number of rotatable bonds is 4. The summed E-state index contributed by atoms with van der Waals surface area (Å²) in [6, 6.07) is 9.46. The fourth-order valence-corrected chi connectivity index (χ4v) is 1.90. The molecule has 2 aromatic rings. The number of aryl methyl sites for hydroxylation is 1. The smallest absolute Gasteiger partial charge is 0.149 e. The summed E-state index contributed by atoms with van der Waals surface area (Å²) in [6.07, 6.45) is 0. The number of ether oxygens (including phenoxy) is 1. The summed E-state index contributed by atoms with van der Waals surface area (Å²) in [5.41, 5.74) is 1.79. The summed E-state index contributed by atoms with van der Waals surface area (Å²) < 4.78 is 32.2. The Kier molecular flexibility index (Phi) is 4.00. The molecule has 0 aromatic heterocycles. The van der Waals surface area contributed by atoms with Crippen LogP contribution >= 0.6 is 0 Å². The van der Waals surface area contributed by atoms with Crippen molar-refractivity contribution in [2.45, 2.75) is 13.5 Å². The lowest BCUT2D eigenvalue weighted by Gasteiger charge is -2.12. The third kappa shape index (κ3) is 3.02. The van der Waals surface area contributed by atoms with Crippen LogP contribution in [0.25, 0.3) is 0 Å². The van der Waals surface area contributed by atoms with E-state index in [0.717, 1.165) is 11.1 Å². The number of anilines is 1. The highest BCUT2D eigenvalue weighted by Crippen LogP contribution is 2.23. The van der Waals surface area contributed by atoms with Crippen LogP contribution in [0.1, 0.15) is 11.1 Å². The Morgan fingerprint density at radius 1 is 1.11 bits per heavy atom. The summed E-state index contributed by atoms with van der Waals surface area (Å²) in [6.45, 7) is 2.25. The maximum absolute atomic E-state index is 13.5. The molecular weight excluding hydrogens is 248 g/mol. The lowest BCUT2D eigenvalue weighted by Crippen LogP contribution is -2.05. The molecule has 0 heterocycles. The van der Waals surface area contributed by atoms with Gasteiger partial charge in [-0.3, -0.25) is 0 Å². The van der Waals surface area contributed by atoms with Gasteiger partial charge >= 0.3 is 0 Å². The molecule has 4 heteroatoms. The van der Waals surface area contributed by atoms with Gasteiger partial charge in [0.2, 0.25) is 0 Å². The van der Waals surface area contributed by atoms with Gasteiger partial charge in [0.05, 0.1) is 7.11 Å². The van der Waals surface area contributed by atoms with Gasteiger partial charge in [-0.25, -0.2) is 8.78 Å². The Hall–Kier alpha value is -2.10. The Labute approximate surface area is 111 Å². The van der Waals surface area contributed by atoms with Gasteiger partial charge in [0.25, 0.3) is 0 Å². The fraction of sp³-hybridized carbons (Fsp3) is 0.200. The van der Waals surface area contributed by atoms with E-state index in [9.17, 15) is 8.78 Å². The van der Waals surface area contributed by atoms with E-state index in [-0.39, 0.29) is 5.69 Å². The monoisotopic (exact) mass is 263 g/mol. The van der Waals surface area contributed by atoms with E-state index in [1.807, 2.05) is 25.1 Å². The van der Waals surface area contributed by atoms with Crippen LogP contribution in [0.2, 0.25) is 0 Å². The summed E-state index contributed by atoms with van der Waals surface area (Å²) in [5.74, 6) is -0.520. The lowest BCUT2D eigenvalue weighted by atomic mass is 10.1. The Morgan fingerprint density at radius 2 is 1.79 bits per heavy atom. The van der Waals surface area contributed by atoms with Crippen molar-refractivity contribution in [1.29, 1.82) is 0 Å². The van der Waals surface area contributed by atoms with Crippen molar-refractivity contribution >= 4 is 5.69 Å². The number of para-hydroxylation sites is 1. The number of hydrogen-bond donors (Lipinski definition) is 1. The van der Waals surface area contributed by atoms with E-state index >= 15 is 0 Å². The van der Waals surface area contributed by atoms with E-state index in [4.69, 9.17) is 4.74 Å². The molecule has 0 spiro atoms. The number of nitrogens with one attached hydrogen (secondary N) is 1. The zero-order chi connectivity index (χ0) is 13.8. The first-order valence-corrected chi connectivity index (χ1v) is 5.93. The van der Waals surface area contributed by atoms with Crippen LogP contribution in [0.4, 0.5) is 14.5 Å². The maximum Gasteiger partial charge on any atom is 0.149 e. The molecular formula is C15H15F2NO. The summed E-state index contributed by atoms with van der Waals surface area (Å²) in [5, 5.41) is 2.77. The van der Waals surface area contributed by atoms with Crippen molar-refractivity contribution in [2.24, 2.45) is 0 Å².